The molecule has 8 nitrogen and oxygen atoms in total. The van der Waals surface area contributed by atoms with E-state index >= 15 is 0 Å². The molecule has 2 N–H and O–H groups in total. The molecule has 2 aromatic heterocycles. The summed E-state index contributed by atoms with van der Waals surface area (Å²) in [7, 11) is 1.85. The molecule has 0 aromatic carbocycles. The van der Waals surface area contributed by atoms with Gasteiger partial charge in [-0.25, -0.2) is 4.98 Å². The molecule has 9 heteroatoms. The summed E-state index contributed by atoms with van der Waals surface area (Å²) < 4.78 is 1.70. The third kappa shape index (κ3) is 4.59. The van der Waals surface area contributed by atoms with Crippen molar-refractivity contribution < 1.29 is 0 Å². The lowest BCUT2D eigenvalue weighted by Gasteiger charge is -2.24. The molecule has 2 aromatic rings. The number of aromatic nitrogens is 4. The highest BCUT2D eigenvalue weighted by atomic mass is 35.5. The summed E-state index contributed by atoms with van der Waals surface area (Å²) in [5, 5.41) is 19.8. The Bertz CT molecular complexity index is 753. The first-order valence-corrected chi connectivity index (χ1v) is 8.66. The number of nitrogens with one attached hydrogen (secondary N) is 2. The van der Waals surface area contributed by atoms with Crippen LogP contribution in [0.4, 0.5) is 17.5 Å². The van der Waals surface area contributed by atoms with Crippen LogP contribution in [0.5, 0.6) is 0 Å². The Morgan fingerprint density at radius 2 is 2.32 bits per heavy atom. The predicted octanol–water partition coefficient (Wildman–Crippen LogP) is 2.40. The Labute approximate surface area is 151 Å². The molecule has 1 aliphatic rings. The minimum atomic E-state index is 0.397. The van der Waals surface area contributed by atoms with E-state index in [1.165, 1.54) is 0 Å². The van der Waals surface area contributed by atoms with Crippen molar-refractivity contribution in [3.63, 3.8) is 0 Å². The number of nitrogens with zero attached hydrogens (tertiary/aromatic N) is 6. The maximum Gasteiger partial charge on any atom is 0.229 e. The lowest BCUT2D eigenvalue weighted by Crippen LogP contribution is -2.35. The third-order valence-corrected chi connectivity index (χ3v) is 4.50. The zero-order valence-electron chi connectivity index (χ0n) is 14.1. The number of anilines is 3. The Morgan fingerprint density at radius 3 is 3.08 bits per heavy atom. The molecular weight excluding hydrogens is 340 g/mol. The molecule has 1 aliphatic heterocycles. The summed E-state index contributed by atoms with van der Waals surface area (Å²) in [5.74, 6) is 1.07. The van der Waals surface area contributed by atoms with Gasteiger partial charge in [-0.15, -0.1) is 0 Å². The molecule has 0 spiro atoms. The summed E-state index contributed by atoms with van der Waals surface area (Å²) in [6.45, 7) is 2.60. The van der Waals surface area contributed by atoms with Crippen LogP contribution in [0.2, 0.25) is 5.02 Å². The van der Waals surface area contributed by atoms with E-state index in [0.29, 0.717) is 29.3 Å². The van der Waals surface area contributed by atoms with Crippen molar-refractivity contribution in [2.24, 2.45) is 7.05 Å². The number of halogens is 1. The minimum Gasteiger partial charge on any atom is -0.367 e. The van der Waals surface area contributed by atoms with Gasteiger partial charge >= 0.3 is 0 Å². The van der Waals surface area contributed by atoms with E-state index in [1.54, 1.807) is 17.1 Å². The largest absolute Gasteiger partial charge is 0.367 e. The summed E-state index contributed by atoms with van der Waals surface area (Å²) in [6, 6.07) is 2.61. The fraction of sp³-hybridized carbons (Fsp3) is 0.500. The number of aryl methyl sites for hydroxylation is 1. The van der Waals surface area contributed by atoms with E-state index in [9.17, 15) is 0 Å². The highest BCUT2D eigenvalue weighted by Crippen LogP contribution is 2.23. The van der Waals surface area contributed by atoms with Crippen molar-refractivity contribution in [3.05, 3.63) is 23.6 Å². The highest BCUT2D eigenvalue weighted by molar-refractivity contribution is 6.32. The van der Waals surface area contributed by atoms with Gasteiger partial charge in [0.15, 0.2) is 5.82 Å². The van der Waals surface area contributed by atoms with Gasteiger partial charge in [-0.3, -0.25) is 9.58 Å². The van der Waals surface area contributed by atoms with Crippen LogP contribution in [0.25, 0.3) is 0 Å². The topological polar surface area (TPSA) is 94.7 Å². The van der Waals surface area contributed by atoms with E-state index in [4.69, 9.17) is 16.9 Å². The molecule has 0 bridgehead atoms. The first kappa shape index (κ1) is 17.5. The molecule has 1 unspecified atom stereocenters. The Hall–Kier alpha value is -2.37. The van der Waals surface area contributed by atoms with Crippen LogP contribution in [0.15, 0.2) is 18.6 Å². The third-order valence-electron chi connectivity index (χ3n) is 4.22. The summed E-state index contributed by atoms with van der Waals surface area (Å²) in [5.41, 5.74) is 0.814. The highest BCUT2D eigenvalue weighted by Gasteiger charge is 2.24. The van der Waals surface area contributed by atoms with Gasteiger partial charge in [-0.1, -0.05) is 11.6 Å². The Morgan fingerprint density at radius 1 is 1.44 bits per heavy atom. The van der Waals surface area contributed by atoms with E-state index in [2.05, 4.69) is 36.7 Å². The first-order chi connectivity index (χ1) is 12.2. The number of rotatable bonds is 7. The quantitative estimate of drug-likeness (QED) is 0.782. The SMILES string of the molecule is Cn1cc(Nc2ncc(Cl)c(NCC3CCCN3CCC#N)n2)cn1. The first-order valence-electron chi connectivity index (χ1n) is 8.29. The Balaban J connectivity index is 1.62. The van der Waals surface area contributed by atoms with E-state index in [-0.39, 0.29) is 0 Å². The molecule has 0 saturated carbocycles. The lowest BCUT2D eigenvalue weighted by atomic mass is 10.2. The molecule has 3 rings (SSSR count). The standard InChI is InChI=1S/C16H21ClN8/c1-24-11-12(8-21-24)22-16-20-10-14(17)15(23-16)19-9-13-4-2-6-25(13)7-3-5-18/h8,10-11,13H,2-4,6-7,9H2,1H3,(H2,19,20,22,23). The van der Waals surface area contributed by atoms with Gasteiger partial charge in [-0.05, 0) is 19.4 Å². The maximum atomic E-state index is 8.77. The monoisotopic (exact) mass is 360 g/mol. The van der Waals surface area contributed by atoms with Crippen molar-refractivity contribution >= 4 is 29.1 Å². The fourth-order valence-electron chi connectivity index (χ4n) is 2.99. The van der Waals surface area contributed by atoms with Crippen LogP contribution < -0.4 is 10.6 Å². The summed E-state index contributed by atoms with van der Waals surface area (Å²) in [4.78, 5) is 11.0. The number of nitriles is 1. The second kappa shape index (κ2) is 8.14. The molecule has 3 heterocycles. The molecule has 0 amide bonds. The molecule has 0 aliphatic carbocycles. The molecule has 132 valence electrons. The van der Waals surface area contributed by atoms with Gasteiger partial charge < -0.3 is 10.6 Å². The van der Waals surface area contributed by atoms with Crippen LogP contribution in [0, 0.1) is 11.3 Å². The van der Waals surface area contributed by atoms with Crippen molar-refractivity contribution in [3.8, 4) is 6.07 Å². The average molecular weight is 361 g/mol. The summed E-state index contributed by atoms with van der Waals surface area (Å²) in [6.07, 6.45) is 7.96. The van der Waals surface area contributed by atoms with E-state index < -0.39 is 0 Å². The van der Waals surface area contributed by atoms with Crippen LogP contribution in [-0.4, -0.2) is 50.3 Å². The van der Waals surface area contributed by atoms with Gasteiger partial charge in [0.2, 0.25) is 5.95 Å². The normalized spacial score (nSPS) is 17.4. The second-order valence-corrected chi connectivity index (χ2v) is 6.45. The predicted molar refractivity (Wildman–Crippen MR) is 96.8 cm³/mol. The zero-order chi connectivity index (χ0) is 17.6. The van der Waals surface area contributed by atoms with E-state index in [1.807, 2.05) is 13.2 Å². The smallest absolute Gasteiger partial charge is 0.229 e. The average Bonchev–Trinajstić information content (AvgIpc) is 3.22. The van der Waals surface area contributed by atoms with Crippen molar-refractivity contribution in [1.29, 1.82) is 5.26 Å². The van der Waals surface area contributed by atoms with Crippen LogP contribution >= 0.6 is 11.6 Å². The van der Waals surface area contributed by atoms with Crippen molar-refractivity contribution in [2.75, 3.05) is 30.3 Å². The van der Waals surface area contributed by atoms with Crippen LogP contribution in [-0.2, 0) is 7.05 Å². The van der Waals surface area contributed by atoms with Gasteiger partial charge in [0, 0.05) is 38.8 Å². The molecule has 25 heavy (non-hydrogen) atoms. The number of hydrogen-bond acceptors (Lipinski definition) is 7. The van der Waals surface area contributed by atoms with Crippen molar-refractivity contribution in [1.82, 2.24) is 24.6 Å². The molecule has 1 fully saturated rings. The maximum absolute atomic E-state index is 8.77. The van der Waals surface area contributed by atoms with E-state index in [0.717, 1.165) is 38.2 Å². The lowest BCUT2D eigenvalue weighted by molar-refractivity contribution is 0.268. The molecule has 1 atom stereocenters. The van der Waals surface area contributed by atoms with Gasteiger partial charge in [0.25, 0.3) is 0 Å². The fourth-order valence-corrected chi connectivity index (χ4v) is 3.15. The van der Waals surface area contributed by atoms with Crippen molar-refractivity contribution in [2.45, 2.75) is 25.3 Å². The Kier molecular flexibility index (Phi) is 5.68. The molecular formula is C16H21ClN8. The van der Waals surface area contributed by atoms with Crippen LogP contribution in [0.3, 0.4) is 0 Å². The minimum absolute atomic E-state index is 0.397. The number of hydrogen-bond donors (Lipinski definition) is 2. The zero-order valence-corrected chi connectivity index (χ0v) is 14.9. The number of likely N-dealkylation sites (tertiary alicyclic amines) is 1. The van der Waals surface area contributed by atoms with Gasteiger partial charge in [-0.2, -0.15) is 15.3 Å². The molecule has 0 radical (unpaired) electrons. The van der Waals surface area contributed by atoms with Gasteiger partial charge in [0.1, 0.15) is 5.02 Å². The summed E-state index contributed by atoms with van der Waals surface area (Å²) >= 11 is 6.22. The second-order valence-electron chi connectivity index (χ2n) is 6.04. The van der Waals surface area contributed by atoms with Crippen LogP contribution in [0.1, 0.15) is 19.3 Å². The van der Waals surface area contributed by atoms with Gasteiger partial charge in [0.05, 0.1) is 24.2 Å². The molecule has 1 saturated heterocycles.